The highest BCUT2D eigenvalue weighted by molar-refractivity contribution is 5.86. The maximum atomic E-state index is 11.9. The van der Waals surface area contributed by atoms with E-state index in [-0.39, 0.29) is 17.9 Å². The summed E-state index contributed by atoms with van der Waals surface area (Å²) in [6, 6.07) is 0. The number of carbonyl (C=O) groups excluding carboxylic acids is 1. The van der Waals surface area contributed by atoms with E-state index in [9.17, 15) is 4.79 Å². The van der Waals surface area contributed by atoms with Crippen molar-refractivity contribution in [2.24, 2.45) is 17.1 Å². The fourth-order valence-electron chi connectivity index (χ4n) is 1.77. The van der Waals surface area contributed by atoms with Crippen molar-refractivity contribution in [2.75, 3.05) is 13.2 Å². The van der Waals surface area contributed by atoms with E-state index in [2.05, 4.69) is 5.32 Å². The van der Waals surface area contributed by atoms with Crippen LogP contribution in [0.1, 0.15) is 40.0 Å². The van der Waals surface area contributed by atoms with Crippen LogP contribution in [-0.4, -0.2) is 29.7 Å². The van der Waals surface area contributed by atoms with Gasteiger partial charge >= 0.3 is 0 Å². The first-order valence-electron chi connectivity index (χ1n) is 5.97. The Kier molecular flexibility index (Phi) is 3.97. The Hall–Kier alpha value is -0.610. The van der Waals surface area contributed by atoms with E-state index in [0.29, 0.717) is 18.9 Å². The second-order valence-corrected chi connectivity index (χ2v) is 5.88. The van der Waals surface area contributed by atoms with Crippen LogP contribution in [0.25, 0.3) is 0 Å². The summed E-state index contributed by atoms with van der Waals surface area (Å²) >= 11 is 0. The molecule has 16 heavy (non-hydrogen) atoms. The molecular formula is C12H24N2O2. The minimum Gasteiger partial charge on any atom is -0.396 e. The predicted molar refractivity (Wildman–Crippen MR) is 63.8 cm³/mol. The minimum absolute atomic E-state index is 0.0685. The van der Waals surface area contributed by atoms with Crippen LogP contribution in [0.15, 0.2) is 0 Å². The Morgan fingerprint density at radius 1 is 1.44 bits per heavy atom. The molecular weight excluding hydrogens is 204 g/mol. The van der Waals surface area contributed by atoms with Gasteiger partial charge in [0.1, 0.15) is 0 Å². The summed E-state index contributed by atoms with van der Waals surface area (Å²) in [5, 5.41) is 11.8. The average Bonchev–Trinajstić information content (AvgIpc) is 2.97. The van der Waals surface area contributed by atoms with Gasteiger partial charge in [0.2, 0.25) is 5.91 Å². The summed E-state index contributed by atoms with van der Waals surface area (Å²) in [6.45, 7) is 6.55. The van der Waals surface area contributed by atoms with Gasteiger partial charge < -0.3 is 16.2 Å². The number of nitrogens with one attached hydrogen (secondary N) is 1. The average molecular weight is 228 g/mol. The maximum Gasteiger partial charge on any atom is 0.240 e. The predicted octanol–water partition coefficient (Wildman–Crippen LogP) is 0.639. The second-order valence-electron chi connectivity index (χ2n) is 5.88. The van der Waals surface area contributed by atoms with Crippen LogP contribution < -0.4 is 11.1 Å². The van der Waals surface area contributed by atoms with E-state index >= 15 is 0 Å². The van der Waals surface area contributed by atoms with Crippen molar-refractivity contribution in [2.45, 2.75) is 45.6 Å². The lowest BCUT2D eigenvalue weighted by Gasteiger charge is -2.28. The molecule has 0 spiro atoms. The minimum atomic E-state index is -0.727. The molecule has 4 heteroatoms. The largest absolute Gasteiger partial charge is 0.396 e. The molecule has 0 aromatic heterocycles. The van der Waals surface area contributed by atoms with Crippen LogP contribution in [0.3, 0.4) is 0 Å². The highest BCUT2D eigenvalue weighted by atomic mass is 16.3. The van der Waals surface area contributed by atoms with Gasteiger partial charge in [0.05, 0.1) is 5.54 Å². The van der Waals surface area contributed by atoms with Crippen LogP contribution in [0.5, 0.6) is 0 Å². The standard InChI is InChI=1S/C12H24N2O2/c1-11(2,6-7-15)8-14-10(16)12(3,13)9-4-5-9/h9,15H,4-8,13H2,1-3H3,(H,14,16). The van der Waals surface area contributed by atoms with Gasteiger partial charge in [0.15, 0.2) is 0 Å². The fraction of sp³-hybridized carbons (Fsp3) is 0.917. The van der Waals surface area contributed by atoms with Crippen LogP contribution in [0.2, 0.25) is 0 Å². The quantitative estimate of drug-likeness (QED) is 0.624. The Labute approximate surface area is 97.6 Å². The first kappa shape index (κ1) is 13.5. The highest BCUT2D eigenvalue weighted by Crippen LogP contribution is 2.38. The maximum absolute atomic E-state index is 11.9. The molecule has 1 fully saturated rings. The third-order valence-electron chi connectivity index (χ3n) is 3.43. The molecule has 4 N–H and O–H groups in total. The van der Waals surface area contributed by atoms with Gasteiger partial charge in [-0.1, -0.05) is 13.8 Å². The van der Waals surface area contributed by atoms with Gasteiger partial charge in [-0.25, -0.2) is 0 Å². The molecule has 1 amide bonds. The molecule has 1 saturated carbocycles. The summed E-state index contributed by atoms with van der Waals surface area (Å²) in [7, 11) is 0. The lowest BCUT2D eigenvalue weighted by Crippen LogP contribution is -2.54. The molecule has 94 valence electrons. The number of hydrogen-bond acceptors (Lipinski definition) is 3. The van der Waals surface area contributed by atoms with Crippen LogP contribution in [0.4, 0.5) is 0 Å². The zero-order valence-corrected chi connectivity index (χ0v) is 10.5. The molecule has 0 aromatic carbocycles. The first-order chi connectivity index (χ1) is 7.29. The number of amides is 1. The van der Waals surface area contributed by atoms with Gasteiger partial charge in [-0.2, -0.15) is 0 Å². The molecule has 4 nitrogen and oxygen atoms in total. The molecule has 1 aliphatic carbocycles. The van der Waals surface area contributed by atoms with Crippen LogP contribution >= 0.6 is 0 Å². The van der Waals surface area contributed by atoms with Crippen molar-refractivity contribution in [1.29, 1.82) is 0 Å². The third kappa shape index (κ3) is 3.46. The summed E-state index contributed by atoms with van der Waals surface area (Å²) in [4.78, 5) is 11.9. The smallest absolute Gasteiger partial charge is 0.240 e. The molecule has 1 rings (SSSR count). The van der Waals surface area contributed by atoms with Crippen LogP contribution in [-0.2, 0) is 4.79 Å². The molecule has 0 saturated heterocycles. The van der Waals surface area contributed by atoms with E-state index in [0.717, 1.165) is 12.8 Å². The zero-order valence-electron chi connectivity index (χ0n) is 10.5. The van der Waals surface area contributed by atoms with Crippen molar-refractivity contribution in [3.63, 3.8) is 0 Å². The van der Waals surface area contributed by atoms with E-state index < -0.39 is 5.54 Å². The topological polar surface area (TPSA) is 75.3 Å². The summed E-state index contributed by atoms with van der Waals surface area (Å²) in [5.41, 5.74) is 5.20. The number of carbonyl (C=O) groups is 1. The van der Waals surface area contributed by atoms with Crippen molar-refractivity contribution in [3.8, 4) is 0 Å². The molecule has 0 heterocycles. The Morgan fingerprint density at radius 2 is 2.00 bits per heavy atom. The number of aliphatic hydroxyl groups excluding tert-OH is 1. The van der Waals surface area contributed by atoms with E-state index in [1.807, 2.05) is 13.8 Å². The molecule has 1 atom stereocenters. The third-order valence-corrected chi connectivity index (χ3v) is 3.43. The van der Waals surface area contributed by atoms with Gasteiger partial charge in [0.25, 0.3) is 0 Å². The number of rotatable bonds is 6. The van der Waals surface area contributed by atoms with E-state index in [4.69, 9.17) is 10.8 Å². The molecule has 0 aliphatic heterocycles. The molecule has 1 aliphatic rings. The normalized spacial score (nSPS) is 20.3. The Morgan fingerprint density at radius 3 is 2.44 bits per heavy atom. The lowest BCUT2D eigenvalue weighted by atomic mass is 9.89. The van der Waals surface area contributed by atoms with Gasteiger partial charge in [-0.3, -0.25) is 4.79 Å². The SMILES string of the molecule is CC(C)(CCO)CNC(=O)C(C)(N)C1CC1. The highest BCUT2D eigenvalue weighted by Gasteiger charge is 2.44. The van der Waals surface area contributed by atoms with Crippen molar-refractivity contribution >= 4 is 5.91 Å². The lowest BCUT2D eigenvalue weighted by molar-refractivity contribution is -0.127. The number of hydrogen-bond donors (Lipinski definition) is 3. The van der Waals surface area contributed by atoms with Gasteiger partial charge in [-0.15, -0.1) is 0 Å². The Balaban J connectivity index is 2.40. The van der Waals surface area contributed by atoms with Crippen molar-refractivity contribution < 1.29 is 9.90 Å². The molecule has 0 radical (unpaired) electrons. The van der Waals surface area contributed by atoms with Crippen molar-refractivity contribution in [1.82, 2.24) is 5.32 Å². The van der Waals surface area contributed by atoms with Gasteiger partial charge in [0, 0.05) is 13.2 Å². The van der Waals surface area contributed by atoms with Crippen molar-refractivity contribution in [3.05, 3.63) is 0 Å². The molecule has 0 bridgehead atoms. The van der Waals surface area contributed by atoms with Gasteiger partial charge in [-0.05, 0) is 37.5 Å². The summed E-state index contributed by atoms with van der Waals surface area (Å²) < 4.78 is 0. The summed E-state index contributed by atoms with van der Waals surface area (Å²) in [5.74, 6) is 0.273. The zero-order chi connectivity index (χ0) is 12.4. The Bertz CT molecular complexity index is 258. The second kappa shape index (κ2) is 4.72. The van der Waals surface area contributed by atoms with E-state index in [1.165, 1.54) is 0 Å². The van der Waals surface area contributed by atoms with Crippen LogP contribution in [0, 0.1) is 11.3 Å². The first-order valence-corrected chi connectivity index (χ1v) is 5.97. The summed E-state index contributed by atoms with van der Waals surface area (Å²) in [6.07, 6.45) is 2.79. The molecule has 1 unspecified atom stereocenters. The monoisotopic (exact) mass is 228 g/mol. The van der Waals surface area contributed by atoms with E-state index in [1.54, 1.807) is 6.92 Å². The fourth-order valence-corrected chi connectivity index (χ4v) is 1.77. The molecule has 0 aromatic rings. The number of aliphatic hydroxyl groups is 1. The number of nitrogens with two attached hydrogens (primary N) is 1.